The molecule has 3 rings (SSSR count). The molecule has 0 fully saturated rings. The van der Waals surface area contributed by atoms with Crippen LogP contribution in [-0.2, 0) is 19.9 Å². The Morgan fingerprint density at radius 2 is 2.14 bits per heavy atom. The fourth-order valence-electron chi connectivity index (χ4n) is 2.14. The van der Waals surface area contributed by atoms with Gasteiger partial charge in [-0.1, -0.05) is 23.9 Å². The summed E-state index contributed by atoms with van der Waals surface area (Å²) < 4.78 is 1.94. The number of hydrogen-bond acceptors (Lipinski definition) is 5. The Morgan fingerprint density at radius 3 is 2.95 bits per heavy atom. The summed E-state index contributed by atoms with van der Waals surface area (Å²) in [6.45, 7) is 0. The summed E-state index contributed by atoms with van der Waals surface area (Å²) in [5, 5.41) is 17.7. The highest BCUT2D eigenvalue weighted by Crippen LogP contribution is 2.16. The number of aryl methyl sites for hydroxylation is 2. The van der Waals surface area contributed by atoms with Gasteiger partial charge in [0.1, 0.15) is 11.6 Å². The molecule has 21 heavy (non-hydrogen) atoms. The number of nitriles is 1. The van der Waals surface area contributed by atoms with Crippen molar-refractivity contribution in [3.63, 3.8) is 0 Å². The maximum absolute atomic E-state index is 8.61. The minimum absolute atomic E-state index is 0.384. The second kappa shape index (κ2) is 5.97. The van der Waals surface area contributed by atoms with Crippen molar-refractivity contribution in [2.45, 2.75) is 18.0 Å². The lowest BCUT2D eigenvalue weighted by Gasteiger charge is -2.01. The van der Waals surface area contributed by atoms with E-state index >= 15 is 0 Å². The molecule has 2 aromatic heterocycles. The number of fused-ring (bicyclic) bond motifs is 1. The van der Waals surface area contributed by atoms with Gasteiger partial charge in [0.05, 0.1) is 22.9 Å². The van der Waals surface area contributed by atoms with Crippen LogP contribution in [0.4, 0.5) is 0 Å². The lowest BCUT2D eigenvalue weighted by atomic mass is 10.3. The molecule has 0 bridgehead atoms. The molecule has 0 spiro atoms. The number of nitrogens with zero attached hydrogens (tertiary/aromatic N) is 5. The molecule has 2 heterocycles. The van der Waals surface area contributed by atoms with E-state index in [-0.39, 0.29) is 0 Å². The van der Waals surface area contributed by atoms with Crippen molar-refractivity contribution in [3.8, 4) is 6.07 Å². The zero-order chi connectivity index (χ0) is 14.7. The van der Waals surface area contributed by atoms with Gasteiger partial charge in [0.2, 0.25) is 0 Å². The molecule has 0 aliphatic rings. The van der Waals surface area contributed by atoms with Crippen molar-refractivity contribution >= 4 is 22.8 Å². The first-order chi connectivity index (χ1) is 10.3. The molecule has 6 nitrogen and oxygen atoms in total. The third-order valence-electron chi connectivity index (χ3n) is 3.21. The normalized spacial score (nSPS) is 10.9. The Balaban J connectivity index is 1.70. The minimum atomic E-state index is 0.384. The minimum Gasteiger partial charge on any atom is -0.342 e. The van der Waals surface area contributed by atoms with Crippen molar-refractivity contribution in [3.05, 3.63) is 35.9 Å². The molecular weight excluding hydrogens is 284 g/mol. The highest BCUT2D eigenvalue weighted by Gasteiger charge is 2.10. The Morgan fingerprint density at radius 1 is 1.29 bits per heavy atom. The zero-order valence-electron chi connectivity index (χ0n) is 11.6. The van der Waals surface area contributed by atoms with Gasteiger partial charge in [-0.2, -0.15) is 5.26 Å². The number of imidazole rings is 1. The molecule has 1 N–H and O–H groups in total. The van der Waals surface area contributed by atoms with E-state index in [1.165, 1.54) is 11.8 Å². The molecule has 0 radical (unpaired) electrons. The predicted octanol–water partition coefficient (Wildman–Crippen LogP) is 2.09. The summed E-state index contributed by atoms with van der Waals surface area (Å²) in [7, 11) is 1.92. The molecule has 0 saturated carbocycles. The van der Waals surface area contributed by atoms with Crippen molar-refractivity contribution < 1.29 is 0 Å². The van der Waals surface area contributed by atoms with E-state index < -0.39 is 0 Å². The SMILES string of the molecule is Cn1c(CCc2nc3ccccc3[nH]2)nnc1SCC#N. The van der Waals surface area contributed by atoms with E-state index in [4.69, 9.17) is 5.26 Å². The van der Waals surface area contributed by atoms with Crippen molar-refractivity contribution in [1.82, 2.24) is 24.7 Å². The van der Waals surface area contributed by atoms with Gasteiger partial charge in [0.25, 0.3) is 0 Å². The molecule has 0 saturated heterocycles. The Kier molecular flexibility index (Phi) is 3.88. The van der Waals surface area contributed by atoms with Gasteiger partial charge in [-0.3, -0.25) is 0 Å². The molecule has 0 atom stereocenters. The number of nitrogens with one attached hydrogen (secondary N) is 1. The van der Waals surface area contributed by atoms with E-state index in [1.807, 2.05) is 35.9 Å². The zero-order valence-corrected chi connectivity index (χ0v) is 12.4. The van der Waals surface area contributed by atoms with E-state index in [9.17, 15) is 0 Å². The summed E-state index contributed by atoms with van der Waals surface area (Å²) in [5.41, 5.74) is 2.03. The van der Waals surface area contributed by atoms with Gasteiger partial charge >= 0.3 is 0 Å². The van der Waals surface area contributed by atoms with Crippen LogP contribution < -0.4 is 0 Å². The van der Waals surface area contributed by atoms with E-state index in [0.29, 0.717) is 5.75 Å². The van der Waals surface area contributed by atoms with Crippen LogP contribution >= 0.6 is 11.8 Å². The maximum Gasteiger partial charge on any atom is 0.191 e. The van der Waals surface area contributed by atoms with Crippen LogP contribution in [0.25, 0.3) is 11.0 Å². The van der Waals surface area contributed by atoms with E-state index in [1.54, 1.807) is 0 Å². The average Bonchev–Trinajstić information content (AvgIpc) is 3.06. The predicted molar refractivity (Wildman–Crippen MR) is 80.8 cm³/mol. The van der Waals surface area contributed by atoms with Gasteiger partial charge in [0.15, 0.2) is 5.16 Å². The first-order valence-corrected chi connectivity index (χ1v) is 7.58. The summed E-state index contributed by atoms with van der Waals surface area (Å²) in [4.78, 5) is 7.86. The lowest BCUT2D eigenvalue weighted by Crippen LogP contribution is -2.02. The Bertz CT molecular complexity index is 764. The number of benzene rings is 1. The van der Waals surface area contributed by atoms with Crippen LogP contribution in [0.2, 0.25) is 0 Å². The quantitative estimate of drug-likeness (QED) is 0.729. The number of thioether (sulfide) groups is 1. The molecule has 0 amide bonds. The number of hydrogen-bond donors (Lipinski definition) is 1. The van der Waals surface area contributed by atoms with Gasteiger partial charge in [-0.05, 0) is 12.1 Å². The molecule has 1 aromatic carbocycles. The second-order valence-electron chi connectivity index (χ2n) is 4.61. The van der Waals surface area contributed by atoms with Crippen molar-refractivity contribution in [1.29, 1.82) is 5.26 Å². The third kappa shape index (κ3) is 2.90. The Hall–Kier alpha value is -2.33. The summed E-state index contributed by atoms with van der Waals surface area (Å²) in [5.74, 6) is 2.23. The molecule has 0 aliphatic heterocycles. The van der Waals surface area contributed by atoms with Gasteiger partial charge < -0.3 is 9.55 Å². The number of aromatic amines is 1. The van der Waals surface area contributed by atoms with Crippen LogP contribution in [0, 0.1) is 11.3 Å². The summed E-state index contributed by atoms with van der Waals surface area (Å²) >= 11 is 1.40. The number of rotatable bonds is 5. The van der Waals surface area contributed by atoms with Crippen LogP contribution in [-0.4, -0.2) is 30.5 Å². The molecular formula is C14H14N6S. The number of H-pyrrole nitrogens is 1. The number of para-hydroxylation sites is 2. The first kappa shape index (κ1) is 13.6. The first-order valence-electron chi connectivity index (χ1n) is 6.59. The van der Waals surface area contributed by atoms with Gasteiger partial charge in [-0.25, -0.2) is 4.98 Å². The van der Waals surface area contributed by atoms with E-state index in [2.05, 4.69) is 26.2 Å². The molecule has 106 valence electrons. The van der Waals surface area contributed by atoms with E-state index in [0.717, 1.165) is 40.7 Å². The van der Waals surface area contributed by atoms with Crippen LogP contribution in [0.1, 0.15) is 11.6 Å². The lowest BCUT2D eigenvalue weighted by molar-refractivity contribution is 0.715. The summed E-state index contributed by atoms with van der Waals surface area (Å²) in [6, 6.07) is 10.1. The average molecular weight is 298 g/mol. The molecule has 7 heteroatoms. The smallest absolute Gasteiger partial charge is 0.191 e. The third-order valence-corrected chi connectivity index (χ3v) is 4.10. The van der Waals surface area contributed by atoms with Crippen LogP contribution in [0.3, 0.4) is 0 Å². The second-order valence-corrected chi connectivity index (χ2v) is 5.55. The topological polar surface area (TPSA) is 83.2 Å². The molecule has 0 unspecified atom stereocenters. The van der Waals surface area contributed by atoms with Crippen LogP contribution in [0.15, 0.2) is 29.4 Å². The molecule has 3 aromatic rings. The standard InChI is InChI=1S/C14H14N6S/c1-20-13(18-19-14(20)21-9-8-15)7-6-12-16-10-4-2-3-5-11(10)17-12/h2-5H,6-7,9H2,1H3,(H,16,17). The summed E-state index contributed by atoms with van der Waals surface area (Å²) in [6.07, 6.45) is 1.54. The van der Waals surface area contributed by atoms with Crippen molar-refractivity contribution in [2.75, 3.05) is 5.75 Å². The van der Waals surface area contributed by atoms with Crippen molar-refractivity contribution in [2.24, 2.45) is 7.05 Å². The largest absolute Gasteiger partial charge is 0.342 e. The van der Waals surface area contributed by atoms with Crippen LogP contribution in [0.5, 0.6) is 0 Å². The monoisotopic (exact) mass is 298 g/mol. The number of aromatic nitrogens is 5. The maximum atomic E-state index is 8.61. The highest BCUT2D eigenvalue weighted by atomic mass is 32.2. The van der Waals surface area contributed by atoms with Gasteiger partial charge in [0, 0.05) is 19.9 Å². The Labute approximate surface area is 126 Å². The highest BCUT2D eigenvalue weighted by molar-refractivity contribution is 7.99. The fraction of sp³-hybridized carbons (Fsp3) is 0.286. The molecule has 0 aliphatic carbocycles. The van der Waals surface area contributed by atoms with Gasteiger partial charge in [-0.15, -0.1) is 10.2 Å². The fourth-order valence-corrected chi connectivity index (χ4v) is 2.73.